The fraction of sp³-hybridized carbons (Fsp3) is 0.438. The maximum absolute atomic E-state index is 10.5. The van der Waals surface area contributed by atoms with Crippen molar-refractivity contribution in [2.45, 2.75) is 32.5 Å². The summed E-state index contributed by atoms with van der Waals surface area (Å²) in [5, 5.41) is 9.72. The molecule has 0 aliphatic rings. The topological polar surface area (TPSA) is 55.8 Å². The minimum atomic E-state index is -0.431. The van der Waals surface area contributed by atoms with Crippen molar-refractivity contribution < 1.29 is 19.4 Å². The summed E-state index contributed by atoms with van der Waals surface area (Å²) in [6, 6.07) is 9.93. The Morgan fingerprint density at radius 3 is 2.75 bits per heavy atom. The lowest BCUT2D eigenvalue weighted by Crippen LogP contribution is -2.09. The van der Waals surface area contributed by atoms with Crippen LogP contribution in [0.1, 0.15) is 25.3 Å². The Bertz CT molecular complexity index is 400. The maximum atomic E-state index is 10.5. The van der Waals surface area contributed by atoms with Crippen LogP contribution in [0.25, 0.3) is 0 Å². The van der Waals surface area contributed by atoms with Gasteiger partial charge in [0.2, 0.25) is 0 Å². The molecule has 0 amide bonds. The van der Waals surface area contributed by atoms with Crippen LogP contribution in [0.4, 0.5) is 0 Å². The van der Waals surface area contributed by atoms with Gasteiger partial charge in [-0.2, -0.15) is 0 Å². The summed E-state index contributed by atoms with van der Waals surface area (Å²) in [6.45, 7) is 2.71. The van der Waals surface area contributed by atoms with Gasteiger partial charge < -0.3 is 14.6 Å². The van der Waals surface area contributed by atoms with Crippen molar-refractivity contribution in [2.24, 2.45) is 0 Å². The number of ether oxygens (including phenoxy) is 2. The van der Waals surface area contributed by atoms with Gasteiger partial charge in [0.1, 0.15) is 6.61 Å². The van der Waals surface area contributed by atoms with E-state index < -0.39 is 6.10 Å². The van der Waals surface area contributed by atoms with E-state index in [9.17, 15) is 9.90 Å². The van der Waals surface area contributed by atoms with E-state index in [2.05, 4.69) is 0 Å². The van der Waals surface area contributed by atoms with Crippen LogP contribution in [0.15, 0.2) is 42.5 Å². The molecule has 0 aromatic heterocycles. The van der Waals surface area contributed by atoms with Gasteiger partial charge in [-0.15, -0.1) is 0 Å². The van der Waals surface area contributed by atoms with Crippen molar-refractivity contribution in [3.63, 3.8) is 0 Å². The fourth-order valence-electron chi connectivity index (χ4n) is 1.59. The lowest BCUT2D eigenvalue weighted by Gasteiger charge is -2.08. The summed E-state index contributed by atoms with van der Waals surface area (Å²) in [5.41, 5.74) is 1.13. The number of carbonyl (C=O) groups excluding carboxylic acids is 1. The van der Waals surface area contributed by atoms with E-state index in [0.29, 0.717) is 26.1 Å². The lowest BCUT2D eigenvalue weighted by atomic mass is 10.2. The van der Waals surface area contributed by atoms with E-state index in [1.807, 2.05) is 36.4 Å². The summed E-state index contributed by atoms with van der Waals surface area (Å²) in [5.74, 6) is -0.301. The van der Waals surface area contributed by atoms with Crippen molar-refractivity contribution >= 4 is 5.97 Å². The molecule has 0 bridgehead atoms. The fourth-order valence-corrected chi connectivity index (χ4v) is 1.59. The van der Waals surface area contributed by atoms with Gasteiger partial charge in [-0.25, -0.2) is 0 Å². The Hall–Kier alpha value is -1.65. The minimum Gasteiger partial charge on any atom is -0.462 e. The average Bonchev–Trinajstić information content (AvgIpc) is 2.44. The van der Waals surface area contributed by atoms with E-state index in [0.717, 1.165) is 5.56 Å². The van der Waals surface area contributed by atoms with E-state index in [-0.39, 0.29) is 12.6 Å². The van der Waals surface area contributed by atoms with Crippen LogP contribution in [0.2, 0.25) is 0 Å². The predicted molar refractivity (Wildman–Crippen MR) is 77.1 cm³/mol. The number of aliphatic hydroxyl groups is 1. The predicted octanol–water partition coefficient (Wildman–Crippen LogP) is 2.46. The van der Waals surface area contributed by atoms with Gasteiger partial charge in [-0.05, 0) is 18.4 Å². The molecule has 1 aromatic carbocycles. The minimum absolute atomic E-state index is 0.257. The highest BCUT2D eigenvalue weighted by Crippen LogP contribution is 2.03. The van der Waals surface area contributed by atoms with Gasteiger partial charge in [0, 0.05) is 13.5 Å². The van der Waals surface area contributed by atoms with Crippen LogP contribution in [-0.2, 0) is 20.9 Å². The van der Waals surface area contributed by atoms with Crippen molar-refractivity contribution in [1.82, 2.24) is 0 Å². The first-order chi connectivity index (χ1) is 9.68. The molecule has 20 heavy (non-hydrogen) atoms. The number of benzene rings is 1. The monoisotopic (exact) mass is 278 g/mol. The molecule has 0 spiro atoms. The van der Waals surface area contributed by atoms with Gasteiger partial charge in [-0.1, -0.05) is 42.5 Å². The standard InChI is InChI=1S/C16H22O4/c1-14(17)20-11-6-5-9-16(18)10-12-19-13-15-7-3-2-4-8-15/h2-8,16,18H,9-13H2,1H3/b6-5+. The number of rotatable bonds is 9. The van der Waals surface area contributed by atoms with E-state index in [4.69, 9.17) is 9.47 Å². The Morgan fingerprint density at radius 1 is 1.30 bits per heavy atom. The number of esters is 1. The lowest BCUT2D eigenvalue weighted by molar-refractivity contribution is -0.139. The largest absolute Gasteiger partial charge is 0.462 e. The van der Waals surface area contributed by atoms with Crippen LogP contribution < -0.4 is 0 Å². The molecule has 110 valence electrons. The van der Waals surface area contributed by atoms with E-state index >= 15 is 0 Å². The molecular weight excluding hydrogens is 256 g/mol. The van der Waals surface area contributed by atoms with Gasteiger partial charge >= 0.3 is 5.97 Å². The smallest absolute Gasteiger partial charge is 0.302 e. The molecule has 1 unspecified atom stereocenters. The Labute approximate surface area is 120 Å². The first kappa shape index (κ1) is 16.4. The highest BCUT2D eigenvalue weighted by atomic mass is 16.5. The molecular formula is C16H22O4. The van der Waals surface area contributed by atoms with Crippen molar-refractivity contribution in [3.8, 4) is 0 Å². The molecule has 4 nitrogen and oxygen atoms in total. The second-order valence-electron chi connectivity index (χ2n) is 4.49. The number of hydrogen-bond donors (Lipinski definition) is 1. The van der Waals surface area contributed by atoms with E-state index in [1.54, 1.807) is 6.08 Å². The van der Waals surface area contributed by atoms with E-state index in [1.165, 1.54) is 6.92 Å². The highest BCUT2D eigenvalue weighted by molar-refractivity contribution is 5.65. The first-order valence-electron chi connectivity index (χ1n) is 6.76. The zero-order chi connectivity index (χ0) is 14.6. The summed E-state index contributed by atoms with van der Waals surface area (Å²) >= 11 is 0. The Morgan fingerprint density at radius 2 is 2.05 bits per heavy atom. The first-order valence-corrected chi connectivity index (χ1v) is 6.76. The van der Waals surface area contributed by atoms with Crippen molar-refractivity contribution in [3.05, 3.63) is 48.0 Å². The molecule has 0 saturated heterocycles. The zero-order valence-corrected chi connectivity index (χ0v) is 11.8. The molecule has 0 heterocycles. The van der Waals surface area contributed by atoms with Crippen molar-refractivity contribution in [1.29, 1.82) is 0 Å². The Kier molecular flexibility index (Phi) is 8.35. The molecule has 0 aliphatic heterocycles. The molecule has 1 rings (SSSR count). The molecule has 0 saturated carbocycles. The van der Waals surface area contributed by atoms with Crippen LogP contribution in [0.3, 0.4) is 0 Å². The number of hydrogen-bond acceptors (Lipinski definition) is 4. The maximum Gasteiger partial charge on any atom is 0.302 e. The van der Waals surface area contributed by atoms with Crippen LogP contribution >= 0.6 is 0 Å². The summed E-state index contributed by atoms with van der Waals surface area (Å²) < 4.78 is 10.2. The SMILES string of the molecule is CC(=O)OC/C=C/CC(O)CCOCc1ccccc1. The molecule has 0 aliphatic carbocycles. The summed E-state index contributed by atoms with van der Waals surface area (Å²) in [6.07, 6.45) is 4.24. The average molecular weight is 278 g/mol. The molecule has 4 heteroatoms. The van der Waals surface area contributed by atoms with Crippen LogP contribution in [0, 0.1) is 0 Å². The third kappa shape index (κ3) is 8.45. The molecule has 0 radical (unpaired) electrons. The molecule has 1 N–H and O–H groups in total. The quantitative estimate of drug-likeness (QED) is 0.428. The van der Waals surface area contributed by atoms with Gasteiger partial charge in [0.05, 0.1) is 12.7 Å². The van der Waals surface area contributed by atoms with Gasteiger partial charge in [-0.3, -0.25) is 4.79 Å². The summed E-state index contributed by atoms with van der Waals surface area (Å²) in [7, 11) is 0. The highest BCUT2D eigenvalue weighted by Gasteiger charge is 2.01. The molecule has 0 fully saturated rings. The third-order valence-corrected chi connectivity index (χ3v) is 2.66. The number of carbonyl (C=O) groups is 1. The van der Waals surface area contributed by atoms with Gasteiger partial charge in [0.15, 0.2) is 0 Å². The Balaban J connectivity index is 2.02. The molecule has 1 aromatic rings. The zero-order valence-electron chi connectivity index (χ0n) is 11.8. The van der Waals surface area contributed by atoms with Gasteiger partial charge in [0.25, 0.3) is 0 Å². The van der Waals surface area contributed by atoms with Crippen LogP contribution in [0.5, 0.6) is 0 Å². The summed E-state index contributed by atoms with van der Waals surface area (Å²) in [4.78, 5) is 10.5. The normalized spacial score (nSPS) is 12.5. The third-order valence-electron chi connectivity index (χ3n) is 2.66. The molecule has 1 atom stereocenters. The van der Waals surface area contributed by atoms with Crippen molar-refractivity contribution in [2.75, 3.05) is 13.2 Å². The number of aliphatic hydroxyl groups excluding tert-OH is 1. The second-order valence-corrected chi connectivity index (χ2v) is 4.49. The second kappa shape index (κ2) is 10.2. The van der Waals surface area contributed by atoms with Crippen LogP contribution in [-0.4, -0.2) is 30.4 Å².